The van der Waals surface area contributed by atoms with Crippen LogP contribution in [-0.4, -0.2) is 4.57 Å². The Morgan fingerprint density at radius 2 is 2.08 bits per heavy atom. The lowest BCUT2D eigenvalue weighted by molar-refractivity contribution is 0.970. The van der Waals surface area contributed by atoms with Gasteiger partial charge in [0.1, 0.15) is 0 Å². The Hall–Kier alpha value is -1.44. The molecule has 2 aromatic rings. The minimum absolute atomic E-state index is 0.866. The van der Waals surface area contributed by atoms with Gasteiger partial charge in [-0.05, 0) is 18.6 Å². The zero-order chi connectivity index (χ0) is 8.72. The molecule has 0 fully saturated rings. The maximum Gasteiger partial charge on any atom is 0.0576 e. The van der Waals surface area contributed by atoms with Crippen LogP contribution < -0.4 is 5.73 Å². The van der Waals surface area contributed by atoms with Crippen LogP contribution in [0.25, 0.3) is 10.9 Å². The summed E-state index contributed by atoms with van der Waals surface area (Å²) in [6.07, 6.45) is 1.96. The van der Waals surface area contributed by atoms with Crippen molar-refractivity contribution in [3.63, 3.8) is 0 Å². The van der Waals surface area contributed by atoms with Crippen molar-refractivity contribution in [1.29, 1.82) is 0 Å². The summed E-state index contributed by atoms with van der Waals surface area (Å²) < 4.78 is 2.05. The van der Waals surface area contributed by atoms with Crippen LogP contribution in [0.4, 0.5) is 5.69 Å². The summed E-state index contributed by atoms with van der Waals surface area (Å²) in [6, 6.07) is 6.22. The molecule has 0 unspecified atom stereocenters. The van der Waals surface area contributed by atoms with Crippen LogP contribution in [0.2, 0.25) is 0 Å². The molecule has 0 amide bonds. The largest absolute Gasteiger partial charge is 0.397 e. The second kappa shape index (κ2) is 2.27. The Kier molecular flexibility index (Phi) is 1.37. The third kappa shape index (κ3) is 0.811. The first-order chi connectivity index (χ1) is 5.70. The fourth-order valence-electron chi connectivity index (χ4n) is 1.66. The number of nitrogen functional groups attached to an aromatic ring is 1. The van der Waals surface area contributed by atoms with E-state index < -0.39 is 0 Å². The molecule has 0 aliphatic carbocycles. The number of fused-ring (bicyclic) bond motifs is 1. The first kappa shape index (κ1) is 7.22. The lowest BCUT2D eigenvalue weighted by Gasteiger charge is -1.97. The molecular weight excluding hydrogens is 148 g/mol. The van der Waals surface area contributed by atoms with Crippen molar-refractivity contribution >= 4 is 16.6 Å². The van der Waals surface area contributed by atoms with Gasteiger partial charge in [0.15, 0.2) is 0 Å². The predicted octanol–water partition coefficient (Wildman–Crippen LogP) is 2.07. The predicted molar refractivity (Wildman–Crippen MR) is 52.1 cm³/mol. The van der Waals surface area contributed by atoms with E-state index in [-0.39, 0.29) is 0 Å². The summed E-state index contributed by atoms with van der Waals surface area (Å²) in [7, 11) is 2.01. The monoisotopic (exact) mass is 160 g/mol. The smallest absolute Gasteiger partial charge is 0.0576 e. The van der Waals surface area contributed by atoms with Crippen LogP contribution in [0, 0.1) is 6.92 Å². The Morgan fingerprint density at radius 3 is 2.75 bits per heavy atom. The molecule has 0 aliphatic heterocycles. The molecule has 0 bridgehead atoms. The van der Waals surface area contributed by atoms with Crippen LogP contribution in [-0.2, 0) is 7.05 Å². The molecule has 1 heterocycles. The molecule has 62 valence electrons. The molecule has 1 aromatic carbocycles. The standard InChI is InChI=1S/C10H12N2/c1-7-4-3-5-9-10(7)8(11)6-12(9)2/h3-6H,11H2,1-2H3. The van der Waals surface area contributed by atoms with E-state index in [0.29, 0.717) is 0 Å². The Balaban J connectivity index is 2.99. The second-order valence-electron chi connectivity index (χ2n) is 3.16. The van der Waals surface area contributed by atoms with Gasteiger partial charge in [0, 0.05) is 18.6 Å². The topological polar surface area (TPSA) is 30.9 Å². The van der Waals surface area contributed by atoms with E-state index in [1.807, 2.05) is 13.2 Å². The molecule has 2 N–H and O–H groups in total. The van der Waals surface area contributed by atoms with Crippen LogP contribution >= 0.6 is 0 Å². The van der Waals surface area contributed by atoms with Gasteiger partial charge >= 0.3 is 0 Å². The number of hydrogen-bond acceptors (Lipinski definition) is 1. The third-order valence-corrected chi connectivity index (χ3v) is 2.25. The highest BCUT2D eigenvalue weighted by Crippen LogP contribution is 2.25. The summed E-state index contributed by atoms with van der Waals surface area (Å²) in [4.78, 5) is 0. The average molecular weight is 160 g/mol. The van der Waals surface area contributed by atoms with Crippen molar-refractivity contribution in [2.24, 2.45) is 7.05 Å². The highest BCUT2D eigenvalue weighted by molar-refractivity contribution is 5.94. The first-order valence-electron chi connectivity index (χ1n) is 4.00. The molecule has 0 saturated carbocycles. The van der Waals surface area contributed by atoms with E-state index in [4.69, 9.17) is 5.73 Å². The van der Waals surface area contributed by atoms with Crippen LogP contribution in [0.1, 0.15) is 5.56 Å². The molecule has 1 aromatic heterocycles. The highest BCUT2D eigenvalue weighted by Gasteiger charge is 2.04. The van der Waals surface area contributed by atoms with E-state index in [9.17, 15) is 0 Å². The van der Waals surface area contributed by atoms with Gasteiger partial charge in [0.2, 0.25) is 0 Å². The van der Waals surface area contributed by atoms with Crippen molar-refractivity contribution in [2.75, 3.05) is 5.73 Å². The minimum Gasteiger partial charge on any atom is -0.397 e. The van der Waals surface area contributed by atoms with E-state index in [2.05, 4.69) is 29.7 Å². The lowest BCUT2D eigenvalue weighted by atomic mass is 10.1. The second-order valence-corrected chi connectivity index (χ2v) is 3.16. The van der Waals surface area contributed by atoms with Crippen LogP contribution in [0.3, 0.4) is 0 Å². The lowest BCUT2D eigenvalue weighted by Crippen LogP contribution is -1.83. The number of benzene rings is 1. The van der Waals surface area contributed by atoms with Crippen molar-refractivity contribution in [3.8, 4) is 0 Å². The van der Waals surface area contributed by atoms with E-state index in [0.717, 1.165) is 5.69 Å². The van der Waals surface area contributed by atoms with Gasteiger partial charge in [-0.15, -0.1) is 0 Å². The molecule has 0 atom stereocenters. The van der Waals surface area contributed by atoms with Crippen molar-refractivity contribution in [3.05, 3.63) is 30.0 Å². The third-order valence-electron chi connectivity index (χ3n) is 2.25. The first-order valence-corrected chi connectivity index (χ1v) is 4.00. The minimum atomic E-state index is 0.866. The molecule has 0 saturated heterocycles. The van der Waals surface area contributed by atoms with Gasteiger partial charge in [-0.2, -0.15) is 0 Å². The van der Waals surface area contributed by atoms with Gasteiger partial charge in [-0.25, -0.2) is 0 Å². The maximum absolute atomic E-state index is 5.86. The number of aromatic nitrogens is 1. The molecule has 2 nitrogen and oxygen atoms in total. The van der Waals surface area contributed by atoms with E-state index >= 15 is 0 Å². The Bertz CT molecular complexity index is 427. The Morgan fingerprint density at radius 1 is 1.33 bits per heavy atom. The molecular formula is C10H12N2. The van der Waals surface area contributed by atoms with Gasteiger partial charge in [0.05, 0.1) is 11.2 Å². The van der Waals surface area contributed by atoms with Crippen LogP contribution in [0.5, 0.6) is 0 Å². The summed E-state index contributed by atoms with van der Waals surface area (Å²) >= 11 is 0. The SMILES string of the molecule is Cc1cccc2c1c(N)cn2C. The number of anilines is 1. The van der Waals surface area contributed by atoms with Crippen LogP contribution in [0.15, 0.2) is 24.4 Å². The van der Waals surface area contributed by atoms with Gasteiger partial charge < -0.3 is 10.3 Å². The Labute approximate surface area is 71.6 Å². The number of nitrogens with zero attached hydrogens (tertiary/aromatic N) is 1. The molecule has 12 heavy (non-hydrogen) atoms. The fourth-order valence-corrected chi connectivity index (χ4v) is 1.66. The van der Waals surface area contributed by atoms with Gasteiger partial charge in [0.25, 0.3) is 0 Å². The summed E-state index contributed by atoms with van der Waals surface area (Å²) in [5, 5.41) is 1.18. The maximum atomic E-state index is 5.86. The molecule has 2 heteroatoms. The van der Waals surface area contributed by atoms with Crippen molar-refractivity contribution < 1.29 is 0 Å². The molecule has 0 radical (unpaired) electrons. The fraction of sp³-hybridized carbons (Fsp3) is 0.200. The van der Waals surface area contributed by atoms with Crippen molar-refractivity contribution in [1.82, 2.24) is 4.57 Å². The summed E-state index contributed by atoms with van der Waals surface area (Å²) in [5.41, 5.74) is 9.17. The molecule has 0 spiro atoms. The quantitative estimate of drug-likeness (QED) is 0.628. The number of hydrogen-bond donors (Lipinski definition) is 1. The number of rotatable bonds is 0. The van der Waals surface area contributed by atoms with Gasteiger partial charge in [-0.1, -0.05) is 12.1 Å². The van der Waals surface area contributed by atoms with Gasteiger partial charge in [-0.3, -0.25) is 0 Å². The number of aryl methyl sites for hydroxylation is 2. The van der Waals surface area contributed by atoms with Crippen molar-refractivity contribution in [2.45, 2.75) is 6.92 Å². The normalized spacial score (nSPS) is 10.8. The zero-order valence-corrected chi connectivity index (χ0v) is 7.33. The number of nitrogens with two attached hydrogens (primary N) is 1. The van der Waals surface area contributed by atoms with E-state index in [1.165, 1.54) is 16.5 Å². The molecule has 0 aliphatic rings. The zero-order valence-electron chi connectivity index (χ0n) is 7.33. The highest BCUT2D eigenvalue weighted by atomic mass is 14.9. The average Bonchev–Trinajstić information content (AvgIpc) is 2.29. The summed E-state index contributed by atoms with van der Waals surface area (Å²) in [6.45, 7) is 2.08. The van der Waals surface area contributed by atoms with E-state index in [1.54, 1.807) is 0 Å². The summed E-state index contributed by atoms with van der Waals surface area (Å²) in [5.74, 6) is 0. The molecule has 2 rings (SSSR count).